The lowest BCUT2D eigenvalue weighted by Crippen LogP contribution is -2.74. The van der Waals surface area contributed by atoms with E-state index in [9.17, 15) is 9.90 Å². The Labute approximate surface area is 153 Å². The van der Waals surface area contributed by atoms with Crippen LogP contribution >= 0.6 is 0 Å². The Kier molecular flexibility index (Phi) is 3.21. The third-order valence-corrected chi connectivity index (χ3v) is 7.09. The maximum Gasteiger partial charge on any atom is 0.310 e. The van der Waals surface area contributed by atoms with Crippen LogP contribution in [0, 0.1) is 6.92 Å². The number of rotatable bonds is 2. The quantitative estimate of drug-likeness (QED) is 0.825. The summed E-state index contributed by atoms with van der Waals surface area (Å²) in [6, 6.07) is 4.33. The van der Waals surface area contributed by atoms with E-state index in [0.29, 0.717) is 18.6 Å². The van der Waals surface area contributed by atoms with Gasteiger partial charge in [-0.25, -0.2) is 0 Å². The van der Waals surface area contributed by atoms with E-state index in [-0.39, 0.29) is 12.0 Å². The number of aryl methyl sites for hydroxylation is 1. The molecule has 0 unspecified atom stereocenters. The van der Waals surface area contributed by atoms with Crippen LogP contribution in [0.1, 0.15) is 42.9 Å². The number of likely N-dealkylation sites (tertiary alicyclic amines) is 1. The van der Waals surface area contributed by atoms with Crippen molar-refractivity contribution in [1.29, 1.82) is 0 Å². The molecule has 1 aromatic rings. The Morgan fingerprint density at radius 2 is 2.27 bits per heavy atom. The first kappa shape index (κ1) is 16.3. The summed E-state index contributed by atoms with van der Waals surface area (Å²) in [5.41, 5.74) is 2.06. The number of aliphatic hydroxyl groups is 1. The third-order valence-electron chi connectivity index (χ3n) is 7.09. The van der Waals surface area contributed by atoms with Crippen molar-refractivity contribution in [3.8, 4) is 5.75 Å². The summed E-state index contributed by atoms with van der Waals surface area (Å²) < 4.78 is 12.1. The van der Waals surface area contributed by atoms with E-state index in [1.807, 2.05) is 13.0 Å². The van der Waals surface area contributed by atoms with E-state index in [0.717, 1.165) is 36.3 Å². The monoisotopic (exact) mass is 355 g/mol. The molecule has 1 N–H and O–H groups in total. The fourth-order valence-corrected chi connectivity index (χ4v) is 5.79. The lowest BCUT2D eigenvalue weighted by atomic mass is 9.50. The SMILES string of the molecule is CCC(=O)OC1=CC[C@@]2(O)[C@H]3Cc4ccc(C)c5c4[C@@]2(CCN3C)[C@H]1O5. The number of benzene rings is 1. The standard InChI is InChI=1S/C21H25NO4/c1-4-16(23)25-14-7-8-21(24)15-11-13-6-5-12(2)18-17(13)20(21,19(14)26-18)9-10-22(15)3/h5-7,15,19,24H,4,8-11H2,1-3H3/t15-,19+,20+,21-/m1/s1. The largest absolute Gasteiger partial charge is 0.481 e. The van der Waals surface area contributed by atoms with Crippen LogP contribution in [0.4, 0.5) is 0 Å². The van der Waals surface area contributed by atoms with Crippen molar-refractivity contribution < 1.29 is 19.4 Å². The van der Waals surface area contributed by atoms with Crippen LogP contribution in [0.5, 0.6) is 5.75 Å². The molecular formula is C21H25NO4. The third kappa shape index (κ3) is 1.71. The Morgan fingerprint density at radius 3 is 3.04 bits per heavy atom. The van der Waals surface area contributed by atoms with Gasteiger partial charge in [0.15, 0.2) is 6.10 Å². The first-order valence-electron chi connectivity index (χ1n) is 9.55. The number of ether oxygens (including phenoxy) is 2. The van der Waals surface area contributed by atoms with Gasteiger partial charge in [0.2, 0.25) is 0 Å². The molecule has 4 aliphatic rings. The zero-order chi connectivity index (χ0) is 18.3. The molecule has 1 spiro atoms. The molecule has 0 saturated carbocycles. The number of nitrogens with zero attached hydrogens (tertiary/aromatic N) is 1. The highest BCUT2D eigenvalue weighted by atomic mass is 16.6. The van der Waals surface area contributed by atoms with Gasteiger partial charge in [-0.1, -0.05) is 19.1 Å². The zero-order valence-corrected chi connectivity index (χ0v) is 15.5. The maximum absolute atomic E-state index is 12.0. The lowest BCUT2D eigenvalue weighted by molar-refractivity contribution is -0.169. The number of carbonyl (C=O) groups excluding carboxylic acids is 1. The van der Waals surface area contributed by atoms with Gasteiger partial charge in [-0.3, -0.25) is 4.79 Å². The second-order valence-corrected chi connectivity index (χ2v) is 8.23. The van der Waals surface area contributed by atoms with E-state index < -0.39 is 17.1 Å². The maximum atomic E-state index is 12.0. The van der Waals surface area contributed by atoms with E-state index >= 15 is 0 Å². The summed E-state index contributed by atoms with van der Waals surface area (Å²) >= 11 is 0. The van der Waals surface area contributed by atoms with Crippen LogP contribution < -0.4 is 4.74 Å². The molecular weight excluding hydrogens is 330 g/mol. The molecule has 4 atom stereocenters. The summed E-state index contributed by atoms with van der Waals surface area (Å²) in [6.07, 6.45) is 3.89. The van der Waals surface area contributed by atoms with Gasteiger partial charge in [0.25, 0.3) is 0 Å². The van der Waals surface area contributed by atoms with Gasteiger partial charge >= 0.3 is 5.97 Å². The first-order chi connectivity index (χ1) is 12.4. The summed E-state index contributed by atoms with van der Waals surface area (Å²) in [4.78, 5) is 14.3. The van der Waals surface area contributed by atoms with E-state index in [4.69, 9.17) is 9.47 Å². The van der Waals surface area contributed by atoms with Crippen LogP contribution in [0.2, 0.25) is 0 Å². The van der Waals surface area contributed by atoms with Crippen LogP contribution in [0.15, 0.2) is 24.0 Å². The highest BCUT2D eigenvalue weighted by Gasteiger charge is 2.71. The average molecular weight is 355 g/mol. The van der Waals surface area contributed by atoms with Gasteiger partial charge in [0, 0.05) is 24.4 Å². The van der Waals surface area contributed by atoms with Gasteiger partial charge in [-0.05, 0) is 50.6 Å². The molecule has 5 nitrogen and oxygen atoms in total. The van der Waals surface area contributed by atoms with Crippen molar-refractivity contribution in [3.63, 3.8) is 0 Å². The molecule has 0 radical (unpaired) electrons. The van der Waals surface area contributed by atoms with Crippen molar-refractivity contribution in [2.45, 2.75) is 62.7 Å². The van der Waals surface area contributed by atoms with Gasteiger partial charge in [-0.2, -0.15) is 0 Å². The minimum absolute atomic E-state index is 0.0446. The Balaban J connectivity index is 1.75. The topological polar surface area (TPSA) is 59.0 Å². The van der Waals surface area contributed by atoms with Gasteiger partial charge in [0.05, 0.1) is 11.0 Å². The van der Waals surface area contributed by atoms with Crippen molar-refractivity contribution in [3.05, 3.63) is 40.7 Å². The Hall–Kier alpha value is -1.85. The van der Waals surface area contributed by atoms with Gasteiger partial charge in [-0.15, -0.1) is 0 Å². The Bertz CT molecular complexity index is 847. The summed E-state index contributed by atoms with van der Waals surface area (Å²) in [6.45, 7) is 4.73. The number of piperidine rings is 1. The minimum atomic E-state index is -0.904. The molecule has 0 amide bonds. The fourth-order valence-electron chi connectivity index (χ4n) is 5.79. The van der Waals surface area contributed by atoms with Crippen molar-refractivity contribution in [1.82, 2.24) is 4.90 Å². The zero-order valence-electron chi connectivity index (χ0n) is 15.5. The van der Waals surface area contributed by atoms with Crippen LogP contribution in [0.3, 0.4) is 0 Å². The molecule has 2 heterocycles. The average Bonchev–Trinajstić information content (AvgIpc) is 2.98. The van der Waals surface area contributed by atoms with E-state index in [1.54, 1.807) is 6.92 Å². The molecule has 1 aromatic carbocycles. The molecule has 1 fully saturated rings. The Morgan fingerprint density at radius 1 is 1.46 bits per heavy atom. The predicted octanol–water partition coefficient (Wildman–Crippen LogP) is 2.23. The van der Waals surface area contributed by atoms with Gasteiger partial charge < -0.3 is 19.5 Å². The summed E-state index contributed by atoms with van der Waals surface area (Å²) in [5, 5.41) is 12.0. The minimum Gasteiger partial charge on any atom is -0.481 e. The molecule has 1 saturated heterocycles. The van der Waals surface area contributed by atoms with Crippen LogP contribution in [-0.4, -0.2) is 47.3 Å². The molecule has 2 aliphatic carbocycles. The number of hydrogen-bond donors (Lipinski definition) is 1. The lowest BCUT2D eigenvalue weighted by Gasteiger charge is -2.61. The summed E-state index contributed by atoms with van der Waals surface area (Å²) in [5.74, 6) is 1.21. The van der Waals surface area contributed by atoms with Crippen molar-refractivity contribution in [2.75, 3.05) is 13.6 Å². The molecule has 0 aromatic heterocycles. The molecule has 138 valence electrons. The molecule has 2 aliphatic heterocycles. The van der Waals surface area contributed by atoms with Crippen molar-refractivity contribution in [2.24, 2.45) is 0 Å². The van der Waals surface area contributed by atoms with E-state index in [1.165, 1.54) is 5.56 Å². The number of carbonyl (C=O) groups is 1. The molecule has 2 bridgehead atoms. The number of esters is 1. The highest BCUT2D eigenvalue weighted by molar-refractivity contribution is 5.71. The number of likely N-dealkylation sites (N-methyl/N-ethyl adjacent to an activating group) is 1. The predicted molar refractivity (Wildman–Crippen MR) is 96.0 cm³/mol. The smallest absolute Gasteiger partial charge is 0.310 e. The van der Waals surface area contributed by atoms with E-state index in [2.05, 4.69) is 24.1 Å². The first-order valence-corrected chi connectivity index (χ1v) is 9.55. The second-order valence-electron chi connectivity index (χ2n) is 8.23. The van der Waals surface area contributed by atoms with Crippen LogP contribution in [-0.2, 0) is 21.4 Å². The van der Waals surface area contributed by atoms with Crippen LogP contribution in [0.25, 0.3) is 0 Å². The van der Waals surface area contributed by atoms with Gasteiger partial charge in [0.1, 0.15) is 11.5 Å². The summed E-state index contributed by atoms with van der Waals surface area (Å²) in [7, 11) is 2.09. The normalized spacial score (nSPS) is 36.8. The second kappa shape index (κ2) is 5.11. The fraction of sp³-hybridized carbons (Fsp3) is 0.571. The van der Waals surface area contributed by atoms with Crippen molar-refractivity contribution >= 4 is 5.97 Å². The molecule has 5 rings (SSSR count). The molecule has 5 heteroatoms. The highest BCUT2D eigenvalue weighted by Crippen LogP contribution is 2.64. The molecule has 26 heavy (non-hydrogen) atoms. The number of hydrogen-bond acceptors (Lipinski definition) is 5.